The Bertz CT molecular complexity index is 1200. The molecule has 0 radical (unpaired) electrons. The van der Waals surface area contributed by atoms with Crippen molar-refractivity contribution in [1.29, 1.82) is 0 Å². The number of fused-ring (bicyclic) bond motifs is 1. The largest absolute Gasteiger partial charge is 0.466 e. The summed E-state index contributed by atoms with van der Waals surface area (Å²) < 4.78 is 6.82. The topological polar surface area (TPSA) is 96.9 Å². The molecule has 1 atom stereocenters. The number of hydrogen-bond donors (Lipinski definition) is 1. The number of carbonyl (C=O) groups excluding carboxylic acids is 2. The van der Waals surface area contributed by atoms with E-state index in [0.717, 1.165) is 4.90 Å². The molecule has 144 valence electrons. The van der Waals surface area contributed by atoms with Gasteiger partial charge in [0.2, 0.25) is 0 Å². The van der Waals surface area contributed by atoms with E-state index < -0.39 is 17.5 Å². The third kappa shape index (κ3) is 2.77. The lowest BCUT2D eigenvalue weighted by Crippen LogP contribution is -2.41. The highest BCUT2D eigenvalue weighted by molar-refractivity contribution is 6.30. The molecule has 3 aromatic rings. The van der Waals surface area contributed by atoms with Crippen molar-refractivity contribution in [3.05, 3.63) is 68.6 Å². The molecule has 0 aromatic carbocycles. The molecule has 1 fully saturated rings. The molecule has 1 saturated heterocycles. The maximum absolute atomic E-state index is 13.1. The number of pyridine rings is 1. The predicted octanol–water partition coefficient (Wildman–Crippen LogP) is 2.52. The number of halogens is 1. The molecule has 0 spiro atoms. The van der Waals surface area contributed by atoms with Crippen LogP contribution in [-0.4, -0.2) is 26.2 Å². The molecule has 28 heavy (non-hydrogen) atoms. The van der Waals surface area contributed by atoms with Crippen LogP contribution < -0.4 is 10.9 Å². The monoisotopic (exact) mass is 400 g/mol. The van der Waals surface area contributed by atoms with Gasteiger partial charge in [0, 0.05) is 17.8 Å². The summed E-state index contributed by atoms with van der Waals surface area (Å²) >= 11 is 5.91. The Balaban J connectivity index is 1.69. The quantitative estimate of drug-likeness (QED) is 0.681. The Morgan fingerprint density at radius 1 is 1.21 bits per heavy atom. The molecule has 4 heterocycles. The SMILES string of the molecule is Cc1cc(C2(C)NC(=O)N(Cc3cc(=O)n4cc(Cl)ccc4n3)C2=O)c(C)o1. The zero-order valence-electron chi connectivity index (χ0n) is 15.4. The van der Waals surface area contributed by atoms with Gasteiger partial charge in [-0.2, -0.15) is 0 Å². The summed E-state index contributed by atoms with van der Waals surface area (Å²) in [6, 6.07) is 5.68. The van der Waals surface area contributed by atoms with Crippen molar-refractivity contribution >= 4 is 29.2 Å². The van der Waals surface area contributed by atoms with Crippen LogP contribution in [0.15, 0.2) is 39.7 Å². The van der Waals surface area contributed by atoms with Crippen molar-refractivity contribution in [3.63, 3.8) is 0 Å². The Morgan fingerprint density at radius 3 is 2.64 bits per heavy atom. The van der Waals surface area contributed by atoms with Crippen LogP contribution >= 0.6 is 11.6 Å². The van der Waals surface area contributed by atoms with E-state index in [1.54, 1.807) is 39.0 Å². The molecule has 1 N–H and O–H groups in total. The minimum absolute atomic E-state index is 0.121. The number of amides is 3. The standard InChI is InChI=1S/C19H17ClN4O4/c1-10-6-14(11(2)28-10)19(3)17(26)24(18(27)22-19)9-13-7-16(25)23-8-12(20)4-5-15(23)21-13/h4-8H,9H2,1-3H3,(H,22,27). The average molecular weight is 401 g/mol. The van der Waals surface area contributed by atoms with Crippen molar-refractivity contribution < 1.29 is 14.0 Å². The maximum Gasteiger partial charge on any atom is 0.325 e. The molecule has 4 rings (SSSR count). The van der Waals surface area contributed by atoms with E-state index in [0.29, 0.717) is 33.4 Å². The van der Waals surface area contributed by atoms with E-state index in [2.05, 4.69) is 10.3 Å². The minimum atomic E-state index is -1.24. The van der Waals surface area contributed by atoms with E-state index in [-0.39, 0.29) is 12.1 Å². The molecule has 9 heteroatoms. The number of rotatable bonds is 3. The molecule has 1 aliphatic rings. The fraction of sp³-hybridized carbons (Fsp3) is 0.263. The first-order chi connectivity index (χ1) is 13.2. The number of imide groups is 1. The van der Waals surface area contributed by atoms with Crippen LogP contribution in [0.5, 0.6) is 0 Å². The van der Waals surface area contributed by atoms with Crippen LogP contribution in [-0.2, 0) is 16.9 Å². The lowest BCUT2D eigenvalue weighted by Gasteiger charge is -2.21. The first-order valence-corrected chi connectivity index (χ1v) is 8.96. The molecule has 0 bridgehead atoms. The molecule has 0 aliphatic carbocycles. The van der Waals surface area contributed by atoms with Crippen molar-refractivity contribution in [2.45, 2.75) is 32.9 Å². The van der Waals surface area contributed by atoms with Gasteiger partial charge >= 0.3 is 6.03 Å². The van der Waals surface area contributed by atoms with Crippen LogP contribution in [0.2, 0.25) is 5.02 Å². The number of aromatic nitrogens is 2. The summed E-state index contributed by atoms with van der Waals surface area (Å²) in [6.45, 7) is 5.03. The number of hydrogen-bond acceptors (Lipinski definition) is 5. The average Bonchev–Trinajstić information content (AvgIpc) is 3.07. The van der Waals surface area contributed by atoms with Gasteiger partial charge < -0.3 is 9.73 Å². The second-order valence-electron chi connectivity index (χ2n) is 6.93. The highest BCUT2D eigenvalue weighted by atomic mass is 35.5. The Hall–Kier alpha value is -3.13. The summed E-state index contributed by atoms with van der Waals surface area (Å²) in [5, 5.41) is 3.13. The second kappa shape index (κ2) is 6.20. The van der Waals surface area contributed by atoms with Gasteiger partial charge in [0.1, 0.15) is 22.7 Å². The van der Waals surface area contributed by atoms with E-state index >= 15 is 0 Å². The van der Waals surface area contributed by atoms with Gasteiger partial charge in [-0.25, -0.2) is 9.78 Å². The van der Waals surface area contributed by atoms with E-state index in [4.69, 9.17) is 16.0 Å². The summed E-state index contributed by atoms with van der Waals surface area (Å²) in [7, 11) is 0. The first kappa shape index (κ1) is 18.2. The van der Waals surface area contributed by atoms with Crippen molar-refractivity contribution in [1.82, 2.24) is 19.6 Å². The summed E-state index contributed by atoms with van der Waals surface area (Å²) in [6.07, 6.45) is 1.46. The highest BCUT2D eigenvalue weighted by Gasteiger charge is 2.50. The zero-order valence-corrected chi connectivity index (χ0v) is 16.2. The van der Waals surface area contributed by atoms with E-state index in [9.17, 15) is 14.4 Å². The molecular weight excluding hydrogens is 384 g/mol. The first-order valence-electron chi connectivity index (χ1n) is 8.58. The number of carbonyl (C=O) groups is 2. The van der Waals surface area contributed by atoms with Crippen LogP contribution in [0.3, 0.4) is 0 Å². The molecule has 0 saturated carbocycles. The Kier molecular flexibility index (Phi) is 4.04. The molecule has 1 aliphatic heterocycles. The van der Waals surface area contributed by atoms with Gasteiger partial charge in [0.25, 0.3) is 11.5 Å². The van der Waals surface area contributed by atoms with Gasteiger partial charge in [-0.05, 0) is 39.0 Å². The normalized spacial score (nSPS) is 19.5. The number of nitrogens with one attached hydrogen (secondary N) is 1. The molecule has 1 unspecified atom stereocenters. The zero-order chi connectivity index (χ0) is 20.2. The number of nitrogens with zero attached hydrogens (tertiary/aromatic N) is 3. The number of urea groups is 1. The molecule has 3 aromatic heterocycles. The van der Waals surface area contributed by atoms with Gasteiger partial charge in [0.15, 0.2) is 0 Å². The molecule has 8 nitrogen and oxygen atoms in total. The third-order valence-electron chi connectivity index (χ3n) is 4.85. The molecule has 3 amide bonds. The fourth-order valence-corrected chi connectivity index (χ4v) is 3.68. The lowest BCUT2D eigenvalue weighted by atomic mass is 9.92. The van der Waals surface area contributed by atoms with Crippen molar-refractivity contribution in [2.75, 3.05) is 0 Å². The summed E-state index contributed by atoms with van der Waals surface area (Å²) in [4.78, 5) is 43.3. The Morgan fingerprint density at radius 2 is 1.96 bits per heavy atom. The smallest absolute Gasteiger partial charge is 0.325 e. The highest BCUT2D eigenvalue weighted by Crippen LogP contribution is 2.33. The number of aryl methyl sites for hydroxylation is 2. The van der Waals surface area contributed by atoms with Crippen LogP contribution in [0.4, 0.5) is 4.79 Å². The number of furan rings is 1. The van der Waals surface area contributed by atoms with Gasteiger partial charge in [0.05, 0.1) is 17.3 Å². The molecular formula is C19H17ClN4O4. The minimum Gasteiger partial charge on any atom is -0.466 e. The van der Waals surface area contributed by atoms with E-state index in [1.807, 2.05) is 0 Å². The fourth-order valence-electron chi connectivity index (χ4n) is 3.52. The Labute approximate surface area is 164 Å². The predicted molar refractivity (Wildman–Crippen MR) is 101 cm³/mol. The van der Waals surface area contributed by atoms with Crippen LogP contribution in [0, 0.1) is 13.8 Å². The van der Waals surface area contributed by atoms with Crippen LogP contribution in [0.1, 0.15) is 29.7 Å². The van der Waals surface area contributed by atoms with Gasteiger partial charge in [-0.3, -0.25) is 18.9 Å². The second-order valence-corrected chi connectivity index (χ2v) is 7.37. The maximum atomic E-state index is 13.1. The summed E-state index contributed by atoms with van der Waals surface area (Å²) in [5.74, 6) is 0.783. The third-order valence-corrected chi connectivity index (χ3v) is 5.07. The van der Waals surface area contributed by atoms with Gasteiger partial charge in [-0.1, -0.05) is 11.6 Å². The van der Waals surface area contributed by atoms with Crippen LogP contribution in [0.25, 0.3) is 5.65 Å². The van der Waals surface area contributed by atoms with Crippen molar-refractivity contribution in [3.8, 4) is 0 Å². The van der Waals surface area contributed by atoms with Gasteiger partial charge in [-0.15, -0.1) is 0 Å². The summed E-state index contributed by atoms with van der Waals surface area (Å²) in [5.41, 5.74) is -0.299. The van der Waals surface area contributed by atoms with E-state index in [1.165, 1.54) is 16.7 Å². The lowest BCUT2D eigenvalue weighted by molar-refractivity contribution is -0.131. The van der Waals surface area contributed by atoms with Crippen molar-refractivity contribution in [2.24, 2.45) is 0 Å².